The second-order valence-corrected chi connectivity index (χ2v) is 6.45. The van der Waals surface area contributed by atoms with Crippen LogP contribution in [0.1, 0.15) is 35.7 Å². The zero-order valence-electron chi connectivity index (χ0n) is 13.8. The Hall–Kier alpha value is -2.49. The van der Waals surface area contributed by atoms with Gasteiger partial charge in [-0.2, -0.15) is 13.2 Å². The molecule has 2 rings (SSSR count). The topological polar surface area (TPSA) is 101 Å². The quantitative estimate of drug-likeness (QED) is 0.401. The molecule has 4 N–H and O–H groups in total. The van der Waals surface area contributed by atoms with Crippen LogP contribution in [0.25, 0.3) is 0 Å². The molecule has 140 valence electrons. The minimum Gasteiger partial charge on any atom is -0.382 e. The lowest BCUT2D eigenvalue weighted by Gasteiger charge is -2.10. The molecule has 26 heavy (non-hydrogen) atoms. The monoisotopic (exact) mass is 386 g/mol. The van der Waals surface area contributed by atoms with Gasteiger partial charge in [-0.05, 0) is 30.7 Å². The predicted molar refractivity (Wildman–Crippen MR) is 94.3 cm³/mol. The predicted octanol–water partition coefficient (Wildman–Crippen LogP) is 3.52. The van der Waals surface area contributed by atoms with Crippen molar-refractivity contribution in [3.63, 3.8) is 0 Å². The Labute approximate surface area is 151 Å². The third kappa shape index (κ3) is 5.01. The number of nitrogens with one attached hydrogen (secondary N) is 2. The Balaban J connectivity index is 2.15. The highest BCUT2D eigenvalue weighted by Gasteiger charge is 2.30. The molecule has 0 spiro atoms. The molecule has 0 bridgehead atoms. The number of carbonyl (C=O) groups excluding carboxylic acids is 1. The summed E-state index contributed by atoms with van der Waals surface area (Å²) in [5.41, 5.74) is 3.94. The van der Waals surface area contributed by atoms with Crippen molar-refractivity contribution in [3.05, 3.63) is 45.7 Å². The first-order valence-corrected chi connectivity index (χ1v) is 8.72. The first-order chi connectivity index (χ1) is 12.2. The largest absolute Gasteiger partial charge is 0.416 e. The molecule has 0 aliphatic carbocycles. The normalized spacial score (nSPS) is 11.4. The zero-order valence-corrected chi connectivity index (χ0v) is 14.6. The van der Waals surface area contributed by atoms with E-state index >= 15 is 0 Å². The van der Waals surface area contributed by atoms with E-state index in [2.05, 4.69) is 15.3 Å². The molecule has 0 saturated heterocycles. The summed E-state index contributed by atoms with van der Waals surface area (Å²) < 4.78 is 37.6. The summed E-state index contributed by atoms with van der Waals surface area (Å²) in [6, 6.07) is 3.61. The minimum absolute atomic E-state index is 0.0433. The highest BCUT2D eigenvalue weighted by Crippen LogP contribution is 2.29. The van der Waals surface area contributed by atoms with Gasteiger partial charge >= 0.3 is 6.18 Å². The van der Waals surface area contributed by atoms with Crippen LogP contribution in [0.2, 0.25) is 0 Å². The third-order valence-electron chi connectivity index (χ3n) is 3.38. The maximum atomic E-state index is 12.5. The lowest BCUT2D eigenvalue weighted by atomic mass is 10.1. The number of hydrogen-bond acceptors (Lipinski definition) is 5. The second kappa shape index (κ2) is 8.26. The van der Waals surface area contributed by atoms with Crippen molar-refractivity contribution in [1.82, 2.24) is 9.97 Å². The van der Waals surface area contributed by atoms with Crippen LogP contribution in [0.15, 0.2) is 34.2 Å². The number of aromatic amines is 1. The van der Waals surface area contributed by atoms with Crippen molar-refractivity contribution >= 4 is 29.2 Å². The number of aromatic nitrogens is 2. The molecule has 10 heteroatoms. The van der Waals surface area contributed by atoms with Gasteiger partial charge in [-0.3, -0.25) is 14.6 Å². The highest BCUT2D eigenvalue weighted by atomic mass is 32.2. The smallest absolute Gasteiger partial charge is 0.382 e. The molecular weight excluding hydrogens is 369 g/mol. The number of halogens is 3. The van der Waals surface area contributed by atoms with Crippen molar-refractivity contribution in [3.8, 4) is 0 Å². The van der Waals surface area contributed by atoms with Gasteiger partial charge in [0.25, 0.3) is 11.5 Å². The molecule has 0 radical (unpaired) electrons. The highest BCUT2D eigenvalue weighted by molar-refractivity contribution is 7.99. The van der Waals surface area contributed by atoms with Gasteiger partial charge in [0.1, 0.15) is 5.69 Å². The first-order valence-electron chi connectivity index (χ1n) is 7.73. The number of H-pyrrole nitrogens is 1. The lowest BCUT2D eigenvalue weighted by Crippen LogP contribution is -2.23. The van der Waals surface area contributed by atoms with E-state index in [0.29, 0.717) is 5.16 Å². The van der Waals surface area contributed by atoms with Crippen molar-refractivity contribution in [1.29, 1.82) is 0 Å². The van der Waals surface area contributed by atoms with Crippen LogP contribution >= 0.6 is 11.8 Å². The minimum atomic E-state index is -4.49. The Morgan fingerprint density at radius 2 is 1.96 bits per heavy atom. The van der Waals surface area contributed by atoms with Crippen LogP contribution < -0.4 is 16.6 Å². The van der Waals surface area contributed by atoms with Crippen LogP contribution in [0.5, 0.6) is 0 Å². The zero-order chi connectivity index (χ0) is 19.3. The molecule has 0 aliphatic heterocycles. The van der Waals surface area contributed by atoms with E-state index in [-0.39, 0.29) is 17.1 Å². The fourth-order valence-electron chi connectivity index (χ4n) is 1.97. The summed E-state index contributed by atoms with van der Waals surface area (Å²) in [4.78, 5) is 30.8. The van der Waals surface area contributed by atoms with E-state index < -0.39 is 23.2 Å². The number of anilines is 2. The van der Waals surface area contributed by atoms with Crippen molar-refractivity contribution < 1.29 is 18.0 Å². The number of thioether (sulfide) groups is 1. The van der Waals surface area contributed by atoms with Crippen molar-refractivity contribution in [2.24, 2.45) is 0 Å². The van der Waals surface area contributed by atoms with Crippen LogP contribution in [0.4, 0.5) is 24.7 Å². The van der Waals surface area contributed by atoms with E-state index in [1.165, 1.54) is 11.8 Å². The molecule has 1 aromatic heterocycles. The summed E-state index contributed by atoms with van der Waals surface area (Å²) in [7, 11) is 0. The van der Waals surface area contributed by atoms with Gasteiger partial charge in [0, 0.05) is 11.3 Å². The first kappa shape index (κ1) is 19.8. The Morgan fingerprint density at radius 3 is 2.50 bits per heavy atom. The molecule has 6 nitrogen and oxygen atoms in total. The molecule has 0 atom stereocenters. The van der Waals surface area contributed by atoms with Gasteiger partial charge < -0.3 is 11.1 Å². The Morgan fingerprint density at radius 1 is 1.31 bits per heavy atom. The number of nitrogens with two attached hydrogens (primary N) is 1. The fraction of sp³-hybridized carbons (Fsp3) is 0.312. The summed E-state index contributed by atoms with van der Waals surface area (Å²) in [6.07, 6.45) is -2.56. The maximum Gasteiger partial charge on any atom is 0.416 e. The van der Waals surface area contributed by atoms with Crippen LogP contribution in [-0.4, -0.2) is 21.6 Å². The van der Waals surface area contributed by atoms with E-state index in [4.69, 9.17) is 5.73 Å². The summed E-state index contributed by atoms with van der Waals surface area (Å²) in [6.45, 7) is 2.03. The molecule has 1 heterocycles. The Kier molecular flexibility index (Phi) is 6.30. The third-order valence-corrected chi connectivity index (χ3v) is 4.33. The van der Waals surface area contributed by atoms with E-state index in [1.54, 1.807) is 0 Å². The Bertz CT molecular complexity index is 835. The standard InChI is InChI=1S/C16H17F3N4O2S/c1-2-3-8-26-15-22-12(20)11(14(25)23-15)21-13(24)9-4-6-10(7-5-9)16(17,18)19/h4-7H,2-3,8H2,1H3,(H,21,24)(H3,20,22,23,25). The number of nitrogens with zero attached hydrogens (tertiary/aromatic N) is 1. The average Bonchev–Trinajstić information content (AvgIpc) is 2.57. The van der Waals surface area contributed by atoms with Crippen LogP contribution in [0, 0.1) is 0 Å². The summed E-state index contributed by atoms with van der Waals surface area (Å²) >= 11 is 1.34. The van der Waals surface area contributed by atoms with E-state index in [1.807, 2.05) is 6.92 Å². The van der Waals surface area contributed by atoms with Gasteiger partial charge in [0.15, 0.2) is 11.0 Å². The molecule has 0 fully saturated rings. The summed E-state index contributed by atoms with van der Waals surface area (Å²) in [5, 5.41) is 2.63. The number of unbranched alkanes of at least 4 members (excludes halogenated alkanes) is 1. The number of benzene rings is 1. The van der Waals surface area contributed by atoms with Gasteiger partial charge in [-0.15, -0.1) is 0 Å². The molecule has 2 aromatic rings. The number of nitrogen functional groups attached to an aromatic ring is 1. The molecule has 1 amide bonds. The fourth-order valence-corrected chi connectivity index (χ4v) is 2.92. The van der Waals surface area contributed by atoms with E-state index in [9.17, 15) is 22.8 Å². The van der Waals surface area contributed by atoms with Gasteiger partial charge in [0.05, 0.1) is 5.56 Å². The van der Waals surface area contributed by atoms with Gasteiger partial charge in [-0.25, -0.2) is 4.98 Å². The van der Waals surface area contributed by atoms with Gasteiger partial charge in [0.2, 0.25) is 0 Å². The number of hydrogen-bond donors (Lipinski definition) is 3. The van der Waals surface area contributed by atoms with Crippen LogP contribution in [-0.2, 0) is 6.18 Å². The molecule has 0 saturated carbocycles. The van der Waals surface area contributed by atoms with Crippen molar-refractivity contribution in [2.75, 3.05) is 16.8 Å². The van der Waals surface area contributed by atoms with Crippen molar-refractivity contribution in [2.45, 2.75) is 31.1 Å². The number of amides is 1. The van der Waals surface area contributed by atoms with Gasteiger partial charge in [-0.1, -0.05) is 25.1 Å². The van der Waals surface area contributed by atoms with Crippen LogP contribution in [0.3, 0.4) is 0 Å². The number of rotatable bonds is 6. The SMILES string of the molecule is CCCCSc1nc(N)c(NC(=O)c2ccc(C(F)(F)F)cc2)c(=O)[nH]1. The van der Waals surface area contributed by atoms with E-state index in [0.717, 1.165) is 42.9 Å². The maximum absolute atomic E-state index is 12.5. The number of alkyl halides is 3. The number of carbonyl (C=O) groups is 1. The lowest BCUT2D eigenvalue weighted by molar-refractivity contribution is -0.137. The molecular formula is C16H17F3N4O2S. The average molecular weight is 386 g/mol. The molecule has 0 aliphatic rings. The summed E-state index contributed by atoms with van der Waals surface area (Å²) in [5.74, 6) is -0.159. The molecule has 0 unspecified atom stereocenters. The second-order valence-electron chi connectivity index (χ2n) is 5.36. The molecule has 1 aromatic carbocycles.